The van der Waals surface area contributed by atoms with Gasteiger partial charge in [-0.1, -0.05) is 0 Å². The average molecular weight is 271 g/mol. The van der Waals surface area contributed by atoms with Gasteiger partial charge in [0.15, 0.2) is 5.58 Å². The first-order valence-electron chi connectivity index (χ1n) is 7.11. The smallest absolute Gasteiger partial charge is 0.270 e. The molecule has 2 bridgehead atoms. The van der Waals surface area contributed by atoms with Gasteiger partial charge in [0.05, 0.1) is 12.5 Å². The lowest BCUT2D eigenvalue weighted by Gasteiger charge is -2.21. The molecule has 20 heavy (non-hydrogen) atoms. The highest BCUT2D eigenvalue weighted by atomic mass is 16.3. The lowest BCUT2D eigenvalue weighted by atomic mass is 9.95. The zero-order valence-electron chi connectivity index (χ0n) is 11.3. The Hall–Kier alpha value is -1.88. The van der Waals surface area contributed by atoms with Gasteiger partial charge in [0.2, 0.25) is 0 Å². The van der Waals surface area contributed by atoms with Crippen molar-refractivity contribution in [2.75, 3.05) is 0 Å². The van der Waals surface area contributed by atoms with Gasteiger partial charge in [-0.3, -0.25) is 4.79 Å². The number of rotatable bonds is 2. The second-order valence-corrected chi connectivity index (χ2v) is 5.85. The topological polar surface area (TPSA) is 67.2 Å². The number of aryl methyl sites for hydroxylation is 1. The van der Waals surface area contributed by atoms with Crippen molar-refractivity contribution < 1.29 is 9.21 Å². The summed E-state index contributed by atoms with van der Waals surface area (Å²) in [6.45, 7) is 1.97. The summed E-state index contributed by atoms with van der Waals surface area (Å²) >= 11 is 0. The first-order chi connectivity index (χ1) is 9.70. The van der Waals surface area contributed by atoms with Crippen molar-refractivity contribution in [1.82, 2.24) is 15.6 Å². The van der Waals surface area contributed by atoms with E-state index in [1.54, 1.807) is 12.5 Å². The molecule has 4 heterocycles. The van der Waals surface area contributed by atoms with E-state index >= 15 is 0 Å². The molecule has 0 aromatic carbocycles. The highest BCUT2D eigenvalue weighted by Crippen LogP contribution is 2.28. The van der Waals surface area contributed by atoms with E-state index in [1.165, 1.54) is 6.42 Å². The molecule has 0 spiro atoms. The molecule has 2 fully saturated rings. The van der Waals surface area contributed by atoms with E-state index in [0.29, 0.717) is 17.8 Å². The first-order valence-corrected chi connectivity index (χ1v) is 7.11. The summed E-state index contributed by atoms with van der Waals surface area (Å²) in [6, 6.07) is 3.06. The van der Waals surface area contributed by atoms with Gasteiger partial charge < -0.3 is 15.1 Å². The van der Waals surface area contributed by atoms with Crippen LogP contribution in [0.15, 0.2) is 22.9 Å². The van der Waals surface area contributed by atoms with Gasteiger partial charge in [-0.25, -0.2) is 4.98 Å². The Bertz CT molecular complexity index is 679. The Morgan fingerprint density at radius 1 is 1.50 bits per heavy atom. The van der Waals surface area contributed by atoms with Gasteiger partial charge in [-0.05, 0) is 37.8 Å². The highest BCUT2D eigenvalue weighted by Gasteiger charge is 2.39. The van der Waals surface area contributed by atoms with Crippen LogP contribution in [0.4, 0.5) is 0 Å². The molecule has 2 aromatic rings. The molecule has 104 valence electrons. The summed E-state index contributed by atoms with van der Waals surface area (Å²) in [4.78, 5) is 16.5. The summed E-state index contributed by atoms with van der Waals surface area (Å²) in [5.74, 6) is -0.0909. The molecule has 2 N–H and O–H groups in total. The van der Waals surface area contributed by atoms with E-state index < -0.39 is 0 Å². The minimum absolute atomic E-state index is 0.0909. The summed E-state index contributed by atoms with van der Waals surface area (Å²) in [5, 5.41) is 7.58. The number of pyridine rings is 1. The van der Waals surface area contributed by atoms with Gasteiger partial charge in [-0.2, -0.15) is 0 Å². The van der Waals surface area contributed by atoms with Gasteiger partial charge in [0.1, 0.15) is 5.69 Å². The van der Waals surface area contributed by atoms with Crippen LogP contribution in [0.2, 0.25) is 0 Å². The minimum Gasteiger partial charge on any atom is -0.462 e. The van der Waals surface area contributed by atoms with Gasteiger partial charge in [0, 0.05) is 23.5 Å². The van der Waals surface area contributed by atoms with E-state index in [1.807, 2.05) is 13.0 Å². The molecule has 2 saturated heterocycles. The van der Waals surface area contributed by atoms with Gasteiger partial charge in [-0.15, -0.1) is 0 Å². The third kappa shape index (κ3) is 1.81. The molecule has 0 radical (unpaired) electrons. The Morgan fingerprint density at radius 3 is 3.15 bits per heavy atom. The van der Waals surface area contributed by atoms with Crippen LogP contribution in [-0.2, 0) is 0 Å². The van der Waals surface area contributed by atoms with Crippen molar-refractivity contribution in [3.8, 4) is 0 Å². The standard InChI is InChI=1S/C15H17N3O2/c1-8-7-20-14-6-16-13(5-10(8)14)15(19)18-12-4-9-2-3-11(12)17-9/h5-7,9,11-12,17H,2-4H2,1H3,(H,18,19). The number of aromatic nitrogens is 1. The van der Waals surface area contributed by atoms with Gasteiger partial charge >= 0.3 is 0 Å². The summed E-state index contributed by atoms with van der Waals surface area (Å²) in [7, 11) is 0. The molecular formula is C15H17N3O2. The number of hydrogen-bond acceptors (Lipinski definition) is 4. The minimum atomic E-state index is -0.0909. The lowest BCUT2D eigenvalue weighted by Crippen LogP contribution is -2.43. The van der Waals surface area contributed by atoms with Gasteiger partial charge in [0.25, 0.3) is 5.91 Å². The molecule has 3 atom stereocenters. The Kier molecular flexibility index (Phi) is 2.57. The van der Waals surface area contributed by atoms with Crippen LogP contribution in [0, 0.1) is 6.92 Å². The number of hydrogen-bond donors (Lipinski definition) is 2. The maximum atomic E-state index is 12.3. The van der Waals surface area contributed by atoms with E-state index in [-0.39, 0.29) is 11.9 Å². The molecular weight excluding hydrogens is 254 g/mol. The van der Waals surface area contributed by atoms with E-state index in [2.05, 4.69) is 15.6 Å². The molecule has 0 aliphatic carbocycles. The van der Waals surface area contributed by atoms with Crippen molar-refractivity contribution >= 4 is 16.9 Å². The quantitative estimate of drug-likeness (QED) is 0.873. The van der Waals surface area contributed by atoms with Crippen molar-refractivity contribution in [3.05, 3.63) is 29.8 Å². The zero-order chi connectivity index (χ0) is 13.7. The highest BCUT2D eigenvalue weighted by molar-refractivity contribution is 5.96. The summed E-state index contributed by atoms with van der Waals surface area (Å²) < 4.78 is 5.35. The van der Waals surface area contributed by atoms with Crippen LogP contribution < -0.4 is 10.6 Å². The lowest BCUT2D eigenvalue weighted by molar-refractivity contribution is 0.0926. The van der Waals surface area contributed by atoms with Crippen LogP contribution in [0.1, 0.15) is 35.3 Å². The Morgan fingerprint density at radius 2 is 2.40 bits per heavy atom. The number of nitrogens with zero attached hydrogens (tertiary/aromatic N) is 1. The molecule has 2 aliphatic heterocycles. The second kappa shape index (κ2) is 4.31. The maximum absolute atomic E-state index is 12.3. The van der Waals surface area contributed by atoms with Crippen LogP contribution >= 0.6 is 0 Å². The van der Waals surface area contributed by atoms with Crippen molar-refractivity contribution in [3.63, 3.8) is 0 Å². The third-order valence-corrected chi connectivity index (χ3v) is 4.50. The molecule has 4 rings (SSSR count). The van der Waals surface area contributed by atoms with E-state index in [4.69, 9.17) is 4.42 Å². The maximum Gasteiger partial charge on any atom is 0.270 e. The van der Waals surface area contributed by atoms with Crippen LogP contribution in [-0.4, -0.2) is 29.0 Å². The van der Waals surface area contributed by atoms with E-state index in [9.17, 15) is 4.79 Å². The molecule has 2 aliphatic rings. The zero-order valence-corrected chi connectivity index (χ0v) is 11.3. The Balaban J connectivity index is 1.56. The second-order valence-electron chi connectivity index (χ2n) is 5.85. The Labute approximate surface area is 116 Å². The van der Waals surface area contributed by atoms with Crippen LogP contribution in [0.3, 0.4) is 0 Å². The fourth-order valence-corrected chi connectivity index (χ4v) is 3.41. The van der Waals surface area contributed by atoms with Crippen molar-refractivity contribution in [2.45, 2.75) is 44.3 Å². The molecule has 5 nitrogen and oxygen atoms in total. The molecule has 1 amide bonds. The molecule has 0 saturated carbocycles. The van der Waals surface area contributed by atoms with Crippen LogP contribution in [0.5, 0.6) is 0 Å². The molecule has 3 unspecified atom stereocenters. The number of fused-ring (bicyclic) bond motifs is 3. The third-order valence-electron chi connectivity index (χ3n) is 4.50. The van der Waals surface area contributed by atoms with Crippen molar-refractivity contribution in [2.24, 2.45) is 0 Å². The first kappa shape index (κ1) is 11.9. The summed E-state index contributed by atoms with van der Waals surface area (Å²) in [5.41, 5.74) is 2.21. The monoisotopic (exact) mass is 271 g/mol. The number of amides is 1. The molecule has 2 aromatic heterocycles. The largest absolute Gasteiger partial charge is 0.462 e. The molecule has 5 heteroatoms. The van der Waals surface area contributed by atoms with Crippen molar-refractivity contribution in [1.29, 1.82) is 0 Å². The number of nitrogens with one attached hydrogen (secondary N) is 2. The predicted octanol–water partition coefficient (Wildman–Crippen LogP) is 1.76. The number of carbonyl (C=O) groups excluding carboxylic acids is 1. The SMILES string of the molecule is Cc1coc2cnc(C(=O)NC3CC4CCC3N4)cc12. The number of furan rings is 1. The number of carbonyl (C=O) groups is 1. The fourth-order valence-electron chi connectivity index (χ4n) is 3.41. The summed E-state index contributed by atoms with van der Waals surface area (Å²) in [6.07, 6.45) is 6.73. The predicted molar refractivity (Wildman–Crippen MR) is 74.6 cm³/mol. The van der Waals surface area contributed by atoms with Crippen LogP contribution in [0.25, 0.3) is 11.0 Å². The fraction of sp³-hybridized carbons (Fsp3) is 0.467. The average Bonchev–Trinajstić information content (AvgIpc) is 3.15. The normalized spacial score (nSPS) is 28.1. The van der Waals surface area contributed by atoms with E-state index in [0.717, 1.165) is 29.4 Å².